The zero-order chi connectivity index (χ0) is 18.1. The molecule has 0 aliphatic rings. The number of rotatable bonds is 9. The van der Waals surface area contributed by atoms with E-state index in [9.17, 15) is 14.4 Å². The molecule has 24 heavy (non-hydrogen) atoms. The number of benzene rings is 1. The van der Waals surface area contributed by atoms with E-state index in [-0.39, 0.29) is 37.1 Å². The molecule has 3 amide bonds. The highest BCUT2D eigenvalue weighted by molar-refractivity contribution is 5.88. The normalized spacial score (nSPS) is 12.8. The van der Waals surface area contributed by atoms with Gasteiger partial charge in [-0.15, -0.1) is 6.58 Å². The maximum absolute atomic E-state index is 11.9. The zero-order valence-corrected chi connectivity index (χ0v) is 14.2. The van der Waals surface area contributed by atoms with Crippen LogP contribution >= 0.6 is 0 Å². The summed E-state index contributed by atoms with van der Waals surface area (Å²) in [5, 5.41) is 5.37. The van der Waals surface area contributed by atoms with E-state index in [1.807, 2.05) is 37.3 Å². The molecule has 0 fully saturated rings. The number of nitrogens with two attached hydrogens (primary N) is 1. The van der Waals surface area contributed by atoms with Gasteiger partial charge >= 0.3 is 0 Å². The Bertz CT molecular complexity index is 599. The summed E-state index contributed by atoms with van der Waals surface area (Å²) in [5.41, 5.74) is 6.98. The summed E-state index contributed by atoms with van der Waals surface area (Å²) < 4.78 is 0. The average Bonchev–Trinajstić information content (AvgIpc) is 2.52. The van der Waals surface area contributed by atoms with Gasteiger partial charge in [0.2, 0.25) is 17.7 Å². The minimum Gasteiger partial charge on any atom is -0.368 e. The van der Waals surface area contributed by atoms with Crippen molar-refractivity contribution < 1.29 is 14.4 Å². The lowest BCUT2D eigenvalue weighted by molar-refractivity contribution is -0.129. The van der Waals surface area contributed by atoms with Crippen LogP contribution in [0.1, 0.15) is 44.7 Å². The van der Waals surface area contributed by atoms with Crippen molar-refractivity contribution in [3.8, 4) is 0 Å². The molecule has 1 rings (SSSR count). The molecule has 2 atom stereocenters. The van der Waals surface area contributed by atoms with Crippen LogP contribution in [0.4, 0.5) is 0 Å². The van der Waals surface area contributed by atoms with Gasteiger partial charge in [-0.3, -0.25) is 14.4 Å². The van der Waals surface area contributed by atoms with Crippen LogP contribution < -0.4 is 16.4 Å². The van der Waals surface area contributed by atoms with E-state index in [1.165, 1.54) is 0 Å². The SMILES string of the molecule is C=C(C)C[C@H](NC(=O)CCC(=O)N[C@H](C)c1ccccc1)C(N)=O. The molecule has 130 valence electrons. The van der Waals surface area contributed by atoms with Crippen molar-refractivity contribution in [3.05, 3.63) is 48.0 Å². The van der Waals surface area contributed by atoms with Gasteiger partial charge < -0.3 is 16.4 Å². The lowest BCUT2D eigenvalue weighted by atomic mass is 10.1. The van der Waals surface area contributed by atoms with Gasteiger partial charge in [-0.25, -0.2) is 0 Å². The van der Waals surface area contributed by atoms with Gasteiger partial charge in [0.15, 0.2) is 0 Å². The van der Waals surface area contributed by atoms with Crippen molar-refractivity contribution in [2.75, 3.05) is 0 Å². The first-order chi connectivity index (χ1) is 11.3. The Kier molecular flexibility index (Phi) is 7.68. The summed E-state index contributed by atoms with van der Waals surface area (Å²) in [7, 11) is 0. The Morgan fingerprint density at radius 1 is 1.08 bits per heavy atom. The van der Waals surface area contributed by atoms with Crippen molar-refractivity contribution in [1.29, 1.82) is 0 Å². The van der Waals surface area contributed by atoms with Crippen molar-refractivity contribution in [1.82, 2.24) is 10.6 Å². The lowest BCUT2D eigenvalue weighted by Crippen LogP contribution is -2.44. The molecular formula is C18H25N3O3. The predicted octanol–water partition coefficient (Wildman–Crippen LogP) is 1.58. The second-order valence-electron chi connectivity index (χ2n) is 5.88. The molecule has 1 aromatic rings. The Morgan fingerprint density at radius 2 is 1.62 bits per heavy atom. The summed E-state index contributed by atoms with van der Waals surface area (Å²) in [5.74, 6) is -1.23. The monoisotopic (exact) mass is 331 g/mol. The highest BCUT2D eigenvalue weighted by Gasteiger charge is 2.18. The molecule has 1 aromatic carbocycles. The van der Waals surface area contributed by atoms with Gasteiger partial charge in [-0.1, -0.05) is 35.9 Å². The number of hydrogen-bond donors (Lipinski definition) is 3. The standard InChI is InChI=1S/C18H25N3O3/c1-12(2)11-15(18(19)24)21-17(23)10-9-16(22)20-13(3)14-7-5-4-6-8-14/h4-8,13,15H,1,9-11H2,2-3H3,(H2,19,24)(H,20,22)(H,21,23)/t13-,15+/m1/s1. The fourth-order valence-corrected chi connectivity index (χ4v) is 2.20. The first-order valence-electron chi connectivity index (χ1n) is 7.87. The fraction of sp³-hybridized carbons (Fsp3) is 0.389. The third-order valence-corrected chi connectivity index (χ3v) is 3.49. The van der Waals surface area contributed by atoms with Crippen LogP contribution in [0.25, 0.3) is 0 Å². The quantitative estimate of drug-likeness (QED) is 0.599. The van der Waals surface area contributed by atoms with Crippen LogP contribution in [-0.2, 0) is 14.4 Å². The zero-order valence-electron chi connectivity index (χ0n) is 14.2. The first kappa shape index (κ1) is 19.4. The maximum Gasteiger partial charge on any atom is 0.240 e. The van der Waals surface area contributed by atoms with Crippen LogP contribution in [0.5, 0.6) is 0 Å². The number of primary amides is 1. The van der Waals surface area contributed by atoms with Gasteiger partial charge in [0.25, 0.3) is 0 Å². The summed E-state index contributed by atoms with van der Waals surface area (Å²) in [6.45, 7) is 7.33. The van der Waals surface area contributed by atoms with Gasteiger partial charge in [0.1, 0.15) is 6.04 Å². The second kappa shape index (κ2) is 9.50. The van der Waals surface area contributed by atoms with E-state index in [4.69, 9.17) is 5.73 Å². The van der Waals surface area contributed by atoms with E-state index < -0.39 is 11.9 Å². The number of hydrogen-bond acceptors (Lipinski definition) is 3. The fourth-order valence-electron chi connectivity index (χ4n) is 2.20. The van der Waals surface area contributed by atoms with Crippen molar-refractivity contribution in [2.24, 2.45) is 5.73 Å². The topological polar surface area (TPSA) is 101 Å². The van der Waals surface area contributed by atoms with Gasteiger partial charge in [0, 0.05) is 12.8 Å². The van der Waals surface area contributed by atoms with E-state index in [0.29, 0.717) is 0 Å². The van der Waals surface area contributed by atoms with Crippen molar-refractivity contribution in [2.45, 2.75) is 45.2 Å². The third-order valence-electron chi connectivity index (χ3n) is 3.49. The van der Waals surface area contributed by atoms with Gasteiger partial charge in [0.05, 0.1) is 6.04 Å². The Hall–Kier alpha value is -2.63. The molecule has 4 N–H and O–H groups in total. The first-order valence-corrected chi connectivity index (χ1v) is 7.87. The minimum absolute atomic E-state index is 0.00663. The Balaban J connectivity index is 2.41. The molecule has 0 heterocycles. The number of amides is 3. The minimum atomic E-state index is -0.790. The van der Waals surface area contributed by atoms with Crippen LogP contribution in [0, 0.1) is 0 Å². The molecule has 0 saturated carbocycles. The largest absolute Gasteiger partial charge is 0.368 e. The summed E-state index contributed by atoms with van der Waals surface area (Å²) >= 11 is 0. The van der Waals surface area contributed by atoms with Crippen molar-refractivity contribution in [3.63, 3.8) is 0 Å². The third kappa shape index (κ3) is 7.09. The summed E-state index contributed by atoms with van der Waals surface area (Å²) in [6.07, 6.45) is 0.327. The molecule has 0 aliphatic carbocycles. The summed E-state index contributed by atoms with van der Waals surface area (Å²) in [4.78, 5) is 35.1. The molecule has 0 aromatic heterocycles. The number of carbonyl (C=O) groups is 3. The molecule has 0 unspecified atom stereocenters. The van der Waals surface area contributed by atoms with Crippen LogP contribution in [0.15, 0.2) is 42.5 Å². The molecule has 0 radical (unpaired) electrons. The molecule has 0 aliphatic heterocycles. The highest BCUT2D eigenvalue weighted by atomic mass is 16.2. The van der Waals surface area contributed by atoms with Gasteiger partial charge in [-0.2, -0.15) is 0 Å². The Morgan fingerprint density at radius 3 is 2.12 bits per heavy atom. The van der Waals surface area contributed by atoms with Crippen LogP contribution in [-0.4, -0.2) is 23.8 Å². The molecule has 6 nitrogen and oxygen atoms in total. The van der Waals surface area contributed by atoms with Crippen molar-refractivity contribution >= 4 is 17.7 Å². The van der Waals surface area contributed by atoms with Gasteiger partial charge in [-0.05, 0) is 25.8 Å². The lowest BCUT2D eigenvalue weighted by Gasteiger charge is -2.16. The predicted molar refractivity (Wildman–Crippen MR) is 92.8 cm³/mol. The molecule has 0 saturated heterocycles. The van der Waals surface area contributed by atoms with Crippen LogP contribution in [0.3, 0.4) is 0 Å². The van der Waals surface area contributed by atoms with E-state index in [2.05, 4.69) is 17.2 Å². The average molecular weight is 331 g/mol. The molecule has 6 heteroatoms. The Labute approximate surface area is 142 Å². The smallest absolute Gasteiger partial charge is 0.240 e. The molecular weight excluding hydrogens is 306 g/mol. The van der Waals surface area contributed by atoms with Crippen LogP contribution in [0.2, 0.25) is 0 Å². The van der Waals surface area contributed by atoms with E-state index >= 15 is 0 Å². The molecule has 0 bridgehead atoms. The second-order valence-corrected chi connectivity index (χ2v) is 5.88. The summed E-state index contributed by atoms with van der Waals surface area (Å²) in [6, 6.07) is 8.63. The number of nitrogens with one attached hydrogen (secondary N) is 2. The molecule has 0 spiro atoms. The maximum atomic E-state index is 11.9. The van der Waals surface area contributed by atoms with E-state index in [0.717, 1.165) is 11.1 Å². The van der Waals surface area contributed by atoms with E-state index in [1.54, 1.807) is 6.92 Å². The number of carbonyl (C=O) groups excluding carboxylic acids is 3. The highest BCUT2D eigenvalue weighted by Crippen LogP contribution is 2.11.